The molecular formula is C17H26N2O. The van der Waals surface area contributed by atoms with E-state index in [2.05, 4.69) is 11.9 Å². The maximum Gasteiger partial charge on any atom is 0.249 e. The van der Waals surface area contributed by atoms with Crippen LogP contribution >= 0.6 is 0 Å². The summed E-state index contributed by atoms with van der Waals surface area (Å²) in [6.45, 7) is 7.87. The first-order valence-corrected chi connectivity index (χ1v) is 8.36. The highest BCUT2D eigenvalue weighted by atomic mass is 16.2. The van der Waals surface area contributed by atoms with Gasteiger partial charge in [-0.3, -0.25) is 4.79 Å². The Labute approximate surface area is 121 Å². The molecule has 3 heteroatoms. The number of amides is 1. The topological polar surface area (TPSA) is 32.3 Å². The number of hydrogen-bond acceptors (Lipinski definition) is 2. The van der Waals surface area contributed by atoms with Crippen molar-refractivity contribution in [3.05, 3.63) is 12.2 Å². The number of nitrogens with zero attached hydrogens (tertiary/aromatic N) is 1. The zero-order chi connectivity index (χ0) is 13.7. The maximum absolute atomic E-state index is 12.8. The second-order valence-corrected chi connectivity index (χ2v) is 7.72. The Morgan fingerprint density at radius 2 is 1.50 bits per heavy atom. The lowest BCUT2D eigenvalue weighted by molar-refractivity contribution is -0.131. The van der Waals surface area contributed by atoms with Crippen LogP contribution in [0.4, 0.5) is 0 Å². The SMILES string of the molecule is C=C(C(=O)N1CCNCC1)C12CC3CC(CC(C3)C1)C2. The van der Waals surface area contributed by atoms with Gasteiger partial charge in [0.15, 0.2) is 0 Å². The summed E-state index contributed by atoms with van der Waals surface area (Å²) in [5.74, 6) is 2.91. The van der Waals surface area contributed by atoms with E-state index in [9.17, 15) is 4.79 Å². The summed E-state index contributed by atoms with van der Waals surface area (Å²) < 4.78 is 0. The van der Waals surface area contributed by atoms with Gasteiger partial charge in [-0.1, -0.05) is 6.58 Å². The van der Waals surface area contributed by atoms with E-state index >= 15 is 0 Å². The van der Waals surface area contributed by atoms with Gasteiger partial charge in [-0.25, -0.2) is 0 Å². The van der Waals surface area contributed by atoms with Gasteiger partial charge in [0.05, 0.1) is 0 Å². The first-order valence-electron chi connectivity index (χ1n) is 8.36. The summed E-state index contributed by atoms with van der Waals surface area (Å²) in [7, 11) is 0. The highest BCUT2D eigenvalue weighted by Gasteiger charge is 2.53. The van der Waals surface area contributed by atoms with E-state index in [0.29, 0.717) is 0 Å². The molecular weight excluding hydrogens is 248 g/mol. The van der Waals surface area contributed by atoms with Crippen LogP contribution in [-0.2, 0) is 4.79 Å². The highest BCUT2D eigenvalue weighted by molar-refractivity contribution is 5.94. The van der Waals surface area contributed by atoms with Crippen LogP contribution in [0.5, 0.6) is 0 Å². The third kappa shape index (κ3) is 1.93. The minimum Gasteiger partial charge on any atom is -0.336 e. The Morgan fingerprint density at radius 3 is 2.00 bits per heavy atom. The van der Waals surface area contributed by atoms with Crippen LogP contribution in [0.2, 0.25) is 0 Å². The largest absolute Gasteiger partial charge is 0.336 e. The molecule has 1 amide bonds. The second kappa shape index (κ2) is 4.59. The molecule has 0 spiro atoms. The van der Waals surface area contributed by atoms with Crippen LogP contribution < -0.4 is 5.32 Å². The van der Waals surface area contributed by atoms with Crippen LogP contribution in [0.1, 0.15) is 38.5 Å². The molecule has 1 heterocycles. The van der Waals surface area contributed by atoms with E-state index in [1.165, 1.54) is 38.5 Å². The quantitative estimate of drug-likeness (QED) is 0.783. The van der Waals surface area contributed by atoms with Gasteiger partial charge >= 0.3 is 0 Å². The highest BCUT2D eigenvalue weighted by Crippen LogP contribution is 2.62. The summed E-state index contributed by atoms with van der Waals surface area (Å²) in [5.41, 5.74) is 1.13. The Bertz CT molecular complexity index is 401. The minimum atomic E-state index is 0.177. The molecule has 5 aliphatic rings. The fourth-order valence-electron chi connectivity index (χ4n) is 5.77. The van der Waals surface area contributed by atoms with E-state index in [4.69, 9.17) is 0 Å². The van der Waals surface area contributed by atoms with Crippen molar-refractivity contribution >= 4 is 5.91 Å². The molecule has 110 valence electrons. The molecule has 0 unspecified atom stereocenters. The summed E-state index contributed by atoms with van der Waals surface area (Å²) in [4.78, 5) is 14.8. The molecule has 0 aromatic carbocycles. The summed E-state index contributed by atoms with van der Waals surface area (Å²) >= 11 is 0. The van der Waals surface area contributed by atoms with Crippen molar-refractivity contribution in [2.75, 3.05) is 26.2 Å². The molecule has 0 radical (unpaired) electrons. The smallest absolute Gasteiger partial charge is 0.249 e. The van der Waals surface area contributed by atoms with Gasteiger partial charge in [0, 0.05) is 37.2 Å². The molecule has 0 aromatic heterocycles. The summed E-state index contributed by atoms with van der Waals surface area (Å²) in [5, 5.41) is 3.32. The van der Waals surface area contributed by atoms with Crippen LogP contribution in [0.25, 0.3) is 0 Å². The standard InChI is InChI=1S/C17H26N2O/c1-12(16(20)19-4-2-18-3-5-19)17-9-13-6-14(10-17)8-15(7-13)11-17/h13-15,18H,1-11H2. The molecule has 1 saturated heterocycles. The monoisotopic (exact) mass is 274 g/mol. The van der Waals surface area contributed by atoms with E-state index in [-0.39, 0.29) is 11.3 Å². The van der Waals surface area contributed by atoms with Gasteiger partial charge in [-0.15, -0.1) is 0 Å². The fraction of sp³-hybridized carbons (Fsp3) is 0.824. The van der Waals surface area contributed by atoms with Crippen molar-refractivity contribution < 1.29 is 4.79 Å². The lowest BCUT2D eigenvalue weighted by Crippen LogP contribution is -2.52. The zero-order valence-corrected chi connectivity index (χ0v) is 12.4. The van der Waals surface area contributed by atoms with Gasteiger partial charge in [-0.2, -0.15) is 0 Å². The summed E-state index contributed by atoms with van der Waals surface area (Å²) in [6, 6.07) is 0. The third-order valence-corrected chi connectivity index (χ3v) is 6.34. The molecule has 1 N–H and O–H groups in total. The molecule has 5 fully saturated rings. The van der Waals surface area contributed by atoms with Crippen LogP contribution in [0.3, 0.4) is 0 Å². The van der Waals surface area contributed by atoms with E-state index in [1.54, 1.807) is 0 Å². The number of nitrogens with one attached hydrogen (secondary N) is 1. The second-order valence-electron chi connectivity index (χ2n) is 7.72. The number of hydrogen-bond donors (Lipinski definition) is 1. The Balaban J connectivity index is 1.54. The van der Waals surface area contributed by atoms with Gasteiger partial charge < -0.3 is 10.2 Å². The van der Waals surface area contributed by atoms with E-state index in [0.717, 1.165) is 49.5 Å². The van der Waals surface area contributed by atoms with Crippen molar-refractivity contribution in [3.63, 3.8) is 0 Å². The van der Waals surface area contributed by atoms with Gasteiger partial charge in [-0.05, 0) is 56.3 Å². The molecule has 0 aromatic rings. The zero-order valence-electron chi connectivity index (χ0n) is 12.4. The molecule has 4 saturated carbocycles. The summed E-state index contributed by atoms with van der Waals surface area (Å²) in [6.07, 6.45) is 8.01. The average Bonchev–Trinajstić information content (AvgIpc) is 2.45. The van der Waals surface area contributed by atoms with E-state index < -0.39 is 0 Å². The molecule has 5 rings (SSSR count). The third-order valence-electron chi connectivity index (χ3n) is 6.34. The Morgan fingerprint density at radius 1 is 1.00 bits per heavy atom. The number of rotatable bonds is 2. The van der Waals surface area contributed by atoms with Crippen molar-refractivity contribution in [2.24, 2.45) is 23.2 Å². The molecule has 0 atom stereocenters. The predicted octanol–water partition coefficient (Wildman–Crippen LogP) is 2.19. The van der Waals surface area contributed by atoms with Crippen LogP contribution in [-0.4, -0.2) is 37.0 Å². The predicted molar refractivity (Wildman–Crippen MR) is 79.2 cm³/mol. The molecule has 20 heavy (non-hydrogen) atoms. The number of carbonyl (C=O) groups is 1. The number of carbonyl (C=O) groups excluding carboxylic acids is 1. The van der Waals surface area contributed by atoms with Crippen LogP contribution in [0, 0.1) is 23.2 Å². The van der Waals surface area contributed by atoms with E-state index in [1.807, 2.05) is 4.90 Å². The van der Waals surface area contributed by atoms with Crippen LogP contribution in [0.15, 0.2) is 12.2 Å². The van der Waals surface area contributed by atoms with Gasteiger partial charge in [0.2, 0.25) is 5.91 Å². The Hall–Kier alpha value is -0.830. The lowest BCUT2D eigenvalue weighted by Gasteiger charge is -2.57. The molecule has 4 bridgehead atoms. The van der Waals surface area contributed by atoms with Crippen molar-refractivity contribution in [1.29, 1.82) is 0 Å². The van der Waals surface area contributed by atoms with Crippen molar-refractivity contribution in [1.82, 2.24) is 10.2 Å². The fourth-order valence-corrected chi connectivity index (χ4v) is 5.77. The maximum atomic E-state index is 12.8. The first kappa shape index (κ1) is 12.9. The minimum absolute atomic E-state index is 0.177. The number of piperazine rings is 1. The lowest BCUT2D eigenvalue weighted by atomic mass is 9.48. The Kier molecular flexibility index (Phi) is 2.95. The van der Waals surface area contributed by atoms with Gasteiger partial charge in [0.25, 0.3) is 0 Å². The normalized spacial score (nSPS) is 42.8. The molecule has 4 aliphatic carbocycles. The molecule has 1 aliphatic heterocycles. The molecule has 3 nitrogen and oxygen atoms in total. The van der Waals surface area contributed by atoms with Gasteiger partial charge in [0.1, 0.15) is 0 Å². The van der Waals surface area contributed by atoms with Crippen molar-refractivity contribution in [3.8, 4) is 0 Å². The average molecular weight is 274 g/mol. The van der Waals surface area contributed by atoms with Crippen molar-refractivity contribution in [2.45, 2.75) is 38.5 Å². The first-order chi connectivity index (χ1) is 9.66.